The third kappa shape index (κ3) is 8.03. The largest absolute Gasteiger partial charge is 0.370 e. The Bertz CT molecular complexity index is 456. The first-order chi connectivity index (χ1) is 12.0. The van der Waals surface area contributed by atoms with Crippen molar-refractivity contribution in [1.82, 2.24) is 0 Å². The van der Waals surface area contributed by atoms with Gasteiger partial charge in [-0.1, -0.05) is 99.6 Å². The molecular weight excluding hydrogens is 320 g/mol. The van der Waals surface area contributed by atoms with Gasteiger partial charge < -0.3 is 4.74 Å². The number of Topliss-reactive ketones (excluding diaryl/α,β-unsaturated/α-hetero) is 1. The lowest BCUT2D eigenvalue weighted by Crippen LogP contribution is -2.53. The zero-order chi connectivity index (χ0) is 21.6. The summed E-state index contributed by atoms with van der Waals surface area (Å²) in [4.78, 5) is 12.0. The molecule has 0 radical (unpaired) electrons. The number of ketones is 1. The molecular formula is C24H46O2. The van der Waals surface area contributed by atoms with Crippen LogP contribution < -0.4 is 0 Å². The molecule has 0 aliphatic carbocycles. The monoisotopic (exact) mass is 366 g/mol. The van der Waals surface area contributed by atoms with Gasteiger partial charge in [0.15, 0.2) is 0 Å². The Hall–Kier alpha value is -1.15. The average molecular weight is 367 g/mol. The SMILES string of the molecule is CC.CC.CC.CC(=O)C(C)(C)C(C)(C)C(C)(C)OCc1ccccc1. The third-order valence-electron chi connectivity index (χ3n) is 5.39. The Morgan fingerprint density at radius 3 is 1.54 bits per heavy atom. The maximum atomic E-state index is 12.0. The van der Waals surface area contributed by atoms with E-state index in [0.29, 0.717) is 6.61 Å². The lowest BCUT2D eigenvalue weighted by molar-refractivity contribution is -0.165. The molecule has 0 unspecified atom stereocenters. The molecule has 0 heterocycles. The van der Waals surface area contributed by atoms with E-state index >= 15 is 0 Å². The van der Waals surface area contributed by atoms with Crippen molar-refractivity contribution in [3.05, 3.63) is 35.9 Å². The zero-order valence-corrected chi connectivity index (χ0v) is 19.9. The normalized spacial score (nSPS) is 11.0. The van der Waals surface area contributed by atoms with Crippen LogP contribution in [-0.4, -0.2) is 11.4 Å². The van der Waals surface area contributed by atoms with Crippen molar-refractivity contribution in [3.8, 4) is 0 Å². The molecule has 1 rings (SSSR count). The van der Waals surface area contributed by atoms with Gasteiger partial charge in [-0.15, -0.1) is 0 Å². The molecule has 26 heavy (non-hydrogen) atoms. The van der Waals surface area contributed by atoms with Crippen LogP contribution in [0.4, 0.5) is 0 Å². The minimum Gasteiger partial charge on any atom is -0.370 e. The van der Waals surface area contributed by atoms with Crippen molar-refractivity contribution in [1.29, 1.82) is 0 Å². The van der Waals surface area contributed by atoms with Gasteiger partial charge in [-0.25, -0.2) is 0 Å². The number of ether oxygens (including phenoxy) is 1. The van der Waals surface area contributed by atoms with Crippen LogP contribution in [0, 0.1) is 10.8 Å². The lowest BCUT2D eigenvalue weighted by Gasteiger charge is -2.50. The van der Waals surface area contributed by atoms with Gasteiger partial charge >= 0.3 is 0 Å². The lowest BCUT2D eigenvalue weighted by atomic mass is 9.58. The summed E-state index contributed by atoms with van der Waals surface area (Å²) < 4.78 is 6.16. The topological polar surface area (TPSA) is 26.3 Å². The molecule has 0 spiro atoms. The van der Waals surface area contributed by atoms with Crippen LogP contribution in [-0.2, 0) is 16.1 Å². The summed E-state index contributed by atoms with van der Waals surface area (Å²) in [7, 11) is 0. The minimum atomic E-state index is -0.437. The summed E-state index contributed by atoms with van der Waals surface area (Å²) in [6.07, 6.45) is 0. The summed E-state index contributed by atoms with van der Waals surface area (Å²) in [5.74, 6) is 0.193. The number of hydrogen-bond donors (Lipinski definition) is 0. The van der Waals surface area contributed by atoms with Crippen LogP contribution in [0.5, 0.6) is 0 Å². The van der Waals surface area contributed by atoms with E-state index in [0.717, 1.165) is 5.56 Å². The molecule has 0 fully saturated rings. The van der Waals surface area contributed by atoms with Crippen LogP contribution in [0.1, 0.15) is 95.6 Å². The third-order valence-corrected chi connectivity index (χ3v) is 5.39. The first-order valence-corrected chi connectivity index (χ1v) is 10.2. The molecule has 0 saturated carbocycles. The van der Waals surface area contributed by atoms with Crippen molar-refractivity contribution in [2.24, 2.45) is 10.8 Å². The van der Waals surface area contributed by atoms with Gasteiger partial charge in [0, 0.05) is 10.8 Å². The molecule has 0 bridgehead atoms. The molecule has 1 aromatic carbocycles. The van der Waals surface area contributed by atoms with Gasteiger partial charge in [0.1, 0.15) is 5.78 Å². The maximum Gasteiger partial charge on any atom is 0.136 e. The first-order valence-electron chi connectivity index (χ1n) is 10.2. The number of benzene rings is 1. The molecule has 0 amide bonds. The number of carbonyl (C=O) groups is 1. The van der Waals surface area contributed by atoms with Gasteiger partial charge in [0.25, 0.3) is 0 Å². The summed E-state index contributed by atoms with van der Waals surface area (Å²) in [5, 5.41) is 0. The molecule has 0 aromatic heterocycles. The van der Waals surface area contributed by atoms with Crippen molar-refractivity contribution in [2.75, 3.05) is 0 Å². The molecule has 0 aliphatic rings. The highest BCUT2D eigenvalue weighted by Gasteiger charge is 2.51. The Labute approximate surface area is 164 Å². The van der Waals surface area contributed by atoms with Crippen molar-refractivity contribution in [2.45, 2.75) is 102 Å². The number of rotatable bonds is 6. The van der Waals surface area contributed by atoms with E-state index in [4.69, 9.17) is 4.74 Å². The van der Waals surface area contributed by atoms with Crippen LogP contribution in [0.3, 0.4) is 0 Å². The summed E-state index contributed by atoms with van der Waals surface area (Å²) in [6.45, 7) is 26.6. The second kappa shape index (κ2) is 14.0. The van der Waals surface area contributed by atoms with Crippen LogP contribution in [0.25, 0.3) is 0 Å². The molecule has 0 atom stereocenters. The van der Waals surface area contributed by atoms with Gasteiger partial charge in [-0.2, -0.15) is 0 Å². The van der Waals surface area contributed by atoms with Crippen LogP contribution in [0.15, 0.2) is 30.3 Å². The summed E-state index contributed by atoms with van der Waals surface area (Å²) in [5.41, 5.74) is 0.0308. The average Bonchev–Trinajstić information content (AvgIpc) is 2.65. The highest BCUT2D eigenvalue weighted by Crippen LogP contribution is 2.49. The Morgan fingerprint density at radius 1 is 0.808 bits per heavy atom. The Kier molecular flexibility index (Phi) is 15.9. The van der Waals surface area contributed by atoms with E-state index < -0.39 is 11.0 Å². The molecule has 2 nitrogen and oxygen atoms in total. The second-order valence-corrected chi connectivity index (χ2v) is 7.09. The van der Waals surface area contributed by atoms with Gasteiger partial charge in [0.05, 0.1) is 12.2 Å². The molecule has 0 aliphatic heterocycles. The summed E-state index contributed by atoms with van der Waals surface area (Å²) >= 11 is 0. The van der Waals surface area contributed by atoms with Crippen LogP contribution >= 0.6 is 0 Å². The molecule has 1 aromatic rings. The smallest absolute Gasteiger partial charge is 0.136 e. The Balaban J connectivity index is -0.000000795. The first kappa shape index (κ1) is 29.6. The highest BCUT2D eigenvalue weighted by atomic mass is 16.5. The fourth-order valence-electron chi connectivity index (χ4n) is 2.21. The highest BCUT2D eigenvalue weighted by molar-refractivity contribution is 5.82. The van der Waals surface area contributed by atoms with Crippen molar-refractivity contribution >= 4 is 5.78 Å². The molecule has 0 saturated heterocycles. The fourth-order valence-corrected chi connectivity index (χ4v) is 2.21. The second-order valence-electron chi connectivity index (χ2n) is 7.09. The standard InChI is InChI=1S/C18H28O2.3C2H6/c1-14(19)16(2,3)17(4,5)18(6,7)20-13-15-11-9-8-10-12-15;3*1-2/h8-12H,13H2,1-7H3;3*1-2H3. The molecule has 0 N–H and O–H groups in total. The van der Waals surface area contributed by atoms with E-state index in [1.165, 1.54) is 0 Å². The number of carbonyl (C=O) groups excluding carboxylic acids is 1. The van der Waals surface area contributed by atoms with Crippen molar-refractivity contribution in [3.63, 3.8) is 0 Å². The Morgan fingerprint density at radius 2 is 1.19 bits per heavy atom. The quantitative estimate of drug-likeness (QED) is 0.515. The molecule has 154 valence electrons. The van der Waals surface area contributed by atoms with E-state index in [-0.39, 0.29) is 11.2 Å². The van der Waals surface area contributed by atoms with Crippen LogP contribution in [0.2, 0.25) is 0 Å². The predicted octanol–water partition coefficient (Wildman–Crippen LogP) is 7.70. The predicted molar refractivity (Wildman–Crippen MR) is 118 cm³/mol. The summed E-state index contributed by atoms with van der Waals surface area (Å²) in [6, 6.07) is 10.1. The van der Waals surface area contributed by atoms with Gasteiger partial charge in [-0.05, 0) is 26.3 Å². The van der Waals surface area contributed by atoms with Gasteiger partial charge in [-0.3, -0.25) is 4.79 Å². The van der Waals surface area contributed by atoms with E-state index in [2.05, 4.69) is 39.8 Å². The van der Waals surface area contributed by atoms with E-state index in [9.17, 15) is 4.79 Å². The maximum absolute atomic E-state index is 12.0. The zero-order valence-electron chi connectivity index (χ0n) is 19.9. The number of hydrogen-bond acceptors (Lipinski definition) is 2. The van der Waals surface area contributed by atoms with E-state index in [1.807, 2.05) is 73.6 Å². The molecule has 2 heteroatoms. The fraction of sp³-hybridized carbons (Fsp3) is 0.708. The van der Waals surface area contributed by atoms with E-state index in [1.54, 1.807) is 6.92 Å². The minimum absolute atomic E-state index is 0.193. The van der Waals surface area contributed by atoms with Gasteiger partial charge in [0.2, 0.25) is 0 Å². The van der Waals surface area contributed by atoms with Crippen molar-refractivity contribution < 1.29 is 9.53 Å².